The Labute approximate surface area is 94.6 Å². The molecule has 0 radical (unpaired) electrons. The van der Waals surface area contributed by atoms with Gasteiger partial charge in [0, 0.05) is 12.6 Å². The van der Waals surface area contributed by atoms with Gasteiger partial charge in [0.15, 0.2) is 0 Å². The van der Waals surface area contributed by atoms with Gasteiger partial charge >= 0.3 is 0 Å². The van der Waals surface area contributed by atoms with E-state index in [-0.39, 0.29) is 0 Å². The highest BCUT2D eigenvalue weighted by atomic mass is 15.1. The van der Waals surface area contributed by atoms with Gasteiger partial charge in [0.2, 0.25) is 0 Å². The van der Waals surface area contributed by atoms with E-state index < -0.39 is 0 Å². The SMILES string of the molecule is CC(CCN)N(C)CCC1CCN(C)C1. The highest BCUT2D eigenvalue weighted by molar-refractivity contribution is 4.74. The molecule has 0 aromatic rings. The summed E-state index contributed by atoms with van der Waals surface area (Å²) < 4.78 is 0. The molecule has 1 aliphatic heterocycles. The van der Waals surface area contributed by atoms with Crippen LogP contribution < -0.4 is 5.73 Å². The van der Waals surface area contributed by atoms with Crippen molar-refractivity contribution in [2.75, 3.05) is 40.3 Å². The average Bonchev–Trinajstić information content (AvgIpc) is 2.61. The molecule has 0 aromatic carbocycles. The summed E-state index contributed by atoms with van der Waals surface area (Å²) >= 11 is 0. The fourth-order valence-corrected chi connectivity index (χ4v) is 2.33. The van der Waals surface area contributed by atoms with E-state index in [1.54, 1.807) is 0 Å². The second-order valence-electron chi connectivity index (χ2n) is 5.11. The molecular weight excluding hydrogens is 186 g/mol. The van der Waals surface area contributed by atoms with Crippen LogP contribution in [0.4, 0.5) is 0 Å². The lowest BCUT2D eigenvalue weighted by Gasteiger charge is -2.25. The third-order valence-corrected chi connectivity index (χ3v) is 3.72. The number of hydrogen-bond donors (Lipinski definition) is 1. The molecule has 3 nitrogen and oxygen atoms in total. The Morgan fingerprint density at radius 3 is 2.80 bits per heavy atom. The fourth-order valence-electron chi connectivity index (χ4n) is 2.33. The topological polar surface area (TPSA) is 32.5 Å². The molecule has 0 aliphatic carbocycles. The highest BCUT2D eigenvalue weighted by Gasteiger charge is 2.20. The zero-order chi connectivity index (χ0) is 11.3. The number of nitrogens with two attached hydrogens (primary N) is 1. The molecule has 1 heterocycles. The van der Waals surface area contributed by atoms with Crippen LogP contribution in [0.5, 0.6) is 0 Å². The first kappa shape index (κ1) is 12.9. The van der Waals surface area contributed by atoms with Crippen LogP contribution in [0.2, 0.25) is 0 Å². The Kier molecular flexibility index (Phi) is 5.58. The van der Waals surface area contributed by atoms with Gasteiger partial charge in [-0.1, -0.05) is 0 Å². The van der Waals surface area contributed by atoms with Crippen molar-refractivity contribution in [3.63, 3.8) is 0 Å². The molecule has 0 spiro atoms. The van der Waals surface area contributed by atoms with Gasteiger partial charge in [-0.2, -0.15) is 0 Å². The van der Waals surface area contributed by atoms with Crippen molar-refractivity contribution in [2.24, 2.45) is 11.7 Å². The molecule has 0 bridgehead atoms. The van der Waals surface area contributed by atoms with E-state index in [4.69, 9.17) is 5.73 Å². The van der Waals surface area contributed by atoms with Crippen molar-refractivity contribution in [1.29, 1.82) is 0 Å². The zero-order valence-electron chi connectivity index (χ0n) is 10.6. The van der Waals surface area contributed by atoms with Crippen molar-refractivity contribution < 1.29 is 0 Å². The quantitative estimate of drug-likeness (QED) is 0.714. The summed E-state index contributed by atoms with van der Waals surface area (Å²) in [5.74, 6) is 0.919. The number of likely N-dealkylation sites (tertiary alicyclic amines) is 1. The van der Waals surface area contributed by atoms with Crippen LogP contribution >= 0.6 is 0 Å². The van der Waals surface area contributed by atoms with Crippen LogP contribution in [0.15, 0.2) is 0 Å². The van der Waals surface area contributed by atoms with Crippen molar-refractivity contribution in [1.82, 2.24) is 9.80 Å². The van der Waals surface area contributed by atoms with Crippen molar-refractivity contribution in [3.8, 4) is 0 Å². The molecule has 3 heteroatoms. The van der Waals surface area contributed by atoms with Gasteiger partial charge in [-0.05, 0) is 65.8 Å². The molecule has 1 aliphatic rings. The largest absolute Gasteiger partial charge is 0.330 e. The van der Waals surface area contributed by atoms with Gasteiger partial charge in [0.05, 0.1) is 0 Å². The number of nitrogens with zero attached hydrogens (tertiary/aromatic N) is 2. The normalized spacial score (nSPS) is 25.0. The molecule has 90 valence electrons. The molecule has 2 unspecified atom stereocenters. The maximum Gasteiger partial charge on any atom is 0.00758 e. The molecule has 1 fully saturated rings. The summed E-state index contributed by atoms with van der Waals surface area (Å²) in [6, 6.07) is 0.633. The van der Waals surface area contributed by atoms with E-state index in [1.165, 1.54) is 32.5 Å². The fraction of sp³-hybridized carbons (Fsp3) is 1.00. The lowest BCUT2D eigenvalue weighted by atomic mass is 10.0. The van der Waals surface area contributed by atoms with Gasteiger partial charge in [-0.15, -0.1) is 0 Å². The summed E-state index contributed by atoms with van der Waals surface area (Å²) in [4.78, 5) is 4.89. The first-order valence-corrected chi connectivity index (χ1v) is 6.22. The zero-order valence-corrected chi connectivity index (χ0v) is 10.6. The Morgan fingerprint density at radius 1 is 1.53 bits per heavy atom. The van der Waals surface area contributed by atoms with Crippen LogP contribution in [0, 0.1) is 5.92 Å². The van der Waals surface area contributed by atoms with E-state index in [0.717, 1.165) is 18.9 Å². The predicted octanol–water partition coefficient (Wildman–Crippen LogP) is 0.997. The third kappa shape index (κ3) is 4.49. The molecule has 0 saturated carbocycles. The molecule has 2 N–H and O–H groups in total. The van der Waals surface area contributed by atoms with E-state index in [1.807, 2.05) is 0 Å². The van der Waals surface area contributed by atoms with E-state index in [9.17, 15) is 0 Å². The molecule has 2 atom stereocenters. The smallest absolute Gasteiger partial charge is 0.00758 e. The molecule has 0 amide bonds. The first-order chi connectivity index (χ1) is 7.13. The minimum absolute atomic E-state index is 0.633. The van der Waals surface area contributed by atoms with Crippen LogP contribution in [-0.4, -0.2) is 56.1 Å². The van der Waals surface area contributed by atoms with Gasteiger partial charge < -0.3 is 15.5 Å². The van der Waals surface area contributed by atoms with Crippen molar-refractivity contribution in [3.05, 3.63) is 0 Å². The van der Waals surface area contributed by atoms with E-state index >= 15 is 0 Å². The summed E-state index contributed by atoms with van der Waals surface area (Å²) in [5, 5.41) is 0. The first-order valence-electron chi connectivity index (χ1n) is 6.22. The summed E-state index contributed by atoms with van der Waals surface area (Å²) in [6.07, 6.45) is 3.84. The molecule has 0 aromatic heterocycles. The highest BCUT2D eigenvalue weighted by Crippen LogP contribution is 2.18. The predicted molar refractivity (Wildman–Crippen MR) is 66.0 cm³/mol. The number of rotatable bonds is 6. The average molecular weight is 213 g/mol. The third-order valence-electron chi connectivity index (χ3n) is 3.72. The summed E-state index contributed by atoms with van der Waals surface area (Å²) in [6.45, 7) is 6.87. The molecular formula is C12H27N3. The maximum absolute atomic E-state index is 5.57. The van der Waals surface area contributed by atoms with Crippen molar-refractivity contribution in [2.45, 2.75) is 32.2 Å². The van der Waals surface area contributed by atoms with Gasteiger partial charge in [-0.3, -0.25) is 0 Å². The van der Waals surface area contributed by atoms with Gasteiger partial charge in [0.1, 0.15) is 0 Å². The van der Waals surface area contributed by atoms with Crippen LogP contribution in [0.3, 0.4) is 0 Å². The van der Waals surface area contributed by atoms with E-state index in [2.05, 4.69) is 30.8 Å². The Morgan fingerprint density at radius 2 is 2.27 bits per heavy atom. The standard InChI is InChI=1S/C12H27N3/c1-11(4-7-13)15(3)9-6-12-5-8-14(2)10-12/h11-12H,4-10,13H2,1-3H3. The lowest BCUT2D eigenvalue weighted by Crippen LogP contribution is -2.32. The molecule has 1 rings (SSSR count). The maximum atomic E-state index is 5.57. The van der Waals surface area contributed by atoms with Crippen LogP contribution in [0.25, 0.3) is 0 Å². The summed E-state index contributed by atoms with van der Waals surface area (Å²) in [5.41, 5.74) is 5.57. The minimum Gasteiger partial charge on any atom is -0.330 e. The van der Waals surface area contributed by atoms with Crippen LogP contribution in [0.1, 0.15) is 26.2 Å². The number of hydrogen-bond acceptors (Lipinski definition) is 3. The second kappa shape index (κ2) is 6.46. The monoisotopic (exact) mass is 213 g/mol. The lowest BCUT2D eigenvalue weighted by molar-refractivity contribution is 0.229. The Bertz CT molecular complexity index is 172. The van der Waals surface area contributed by atoms with Crippen LogP contribution in [-0.2, 0) is 0 Å². The minimum atomic E-state index is 0.633. The van der Waals surface area contributed by atoms with Crippen molar-refractivity contribution >= 4 is 0 Å². The summed E-state index contributed by atoms with van der Waals surface area (Å²) in [7, 11) is 4.44. The Hall–Kier alpha value is -0.120. The second-order valence-corrected chi connectivity index (χ2v) is 5.11. The van der Waals surface area contributed by atoms with E-state index in [0.29, 0.717) is 6.04 Å². The van der Waals surface area contributed by atoms with Gasteiger partial charge in [0.25, 0.3) is 0 Å². The molecule has 15 heavy (non-hydrogen) atoms. The Balaban J connectivity index is 2.13. The molecule has 1 saturated heterocycles. The van der Waals surface area contributed by atoms with Gasteiger partial charge in [-0.25, -0.2) is 0 Å².